The molecule has 2 heterocycles. The maximum atomic E-state index is 12.7. The van der Waals surface area contributed by atoms with Crippen LogP contribution >= 0.6 is 11.8 Å². The first-order chi connectivity index (χ1) is 15.5. The van der Waals surface area contributed by atoms with Crippen molar-refractivity contribution in [2.24, 2.45) is 0 Å². The number of anilines is 2. The molecule has 0 radical (unpaired) electrons. The van der Waals surface area contributed by atoms with Crippen LogP contribution in [0.15, 0.2) is 72.0 Å². The molecule has 4 rings (SSSR count). The number of rotatable bonds is 7. The molecule has 0 saturated carbocycles. The highest BCUT2D eigenvalue weighted by Crippen LogP contribution is 2.20. The topological polar surface area (TPSA) is 97.6 Å². The number of benzene rings is 2. The van der Waals surface area contributed by atoms with Crippen LogP contribution in [-0.2, 0) is 4.79 Å². The van der Waals surface area contributed by atoms with E-state index < -0.39 is 0 Å². The van der Waals surface area contributed by atoms with Gasteiger partial charge in [-0.1, -0.05) is 23.9 Å². The molecule has 0 spiro atoms. The van der Waals surface area contributed by atoms with Crippen LogP contribution < -0.4 is 15.4 Å². The van der Waals surface area contributed by atoms with Crippen molar-refractivity contribution in [2.45, 2.75) is 12.1 Å². The number of carbonyl (C=O) groups is 2. The zero-order valence-electron chi connectivity index (χ0n) is 17.5. The van der Waals surface area contributed by atoms with Gasteiger partial charge in [-0.05, 0) is 61.0 Å². The lowest BCUT2D eigenvalue weighted by atomic mass is 10.2. The van der Waals surface area contributed by atoms with E-state index in [-0.39, 0.29) is 17.6 Å². The number of fused-ring (bicyclic) bond motifs is 1. The number of hydrogen-bond acceptors (Lipinski definition) is 6. The van der Waals surface area contributed by atoms with Gasteiger partial charge in [-0.15, -0.1) is 10.2 Å². The number of pyridine rings is 1. The fraction of sp³-hybridized carbons (Fsp3) is 0.130. The molecule has 2 N–H and O–H groups in total. The number of hydrogen-bond donors (Lipinski definition) is 2. The molecule has 8 nitrogen and oxygen atoms in total. The lowest BCUT2D eigenvalue weighted by Crippen LogP contribution is -2.14. The van der Waals surface area contributed by atoms with Gasteiger partial charge in [0, 0.05) is 17.6 Å². The average Bonchev–Trinajstić information content (AvgIpc) is 3.20. The predicted octanol–water partition coefficient (Wildman–Crippen LogP) is 4.03. The average molecular weight is 448 g/mol. The molecule has 0 fully saturated rings. The maximum absolute atomic E-state index is 12.7. The van der Waals surface area contributed by atoms with Gasteiger partial charge < -0.3 is 15.4 Å². The summed E-state index contributed by atoms with van der Waals surface area (Å²) in [7, 11) is 1.59. The first-order valence-electron chi connectivity index (χ1n) is 9.81. The molecular weight excluding hydrogens is 426 g/mol. The van der Waals surface area contributed by atoms with Gasteiger partial charge in [-0.2, -0.15) is 0 Å². The molecule has 0 aliphatic carbocycles. The summed E-state index contributed by atoms with van der Waals surface area (Å²) >= 11 is 1.24. The minimum Gasteiger partial charge on any atom is -0.497 e. The molecule has 0 aliphatic rings. The summed E-state index contributed by atoms with van der Waals surface area (Å²) in [6.45, 7) is 1.97. The van der Waals surface area contributed by atoms with Crippen molar-refractivity contribution in [3.8, 4) is 5.75 Å². The third-order valence-corrected chi connectivity index (χ3v) is 5.56. The van der Waals surface area contributed by atoms with Crippen LogP contribution in [-0.4, -0.2) is 39.3 Å². The summed E-state index contributed by atoms with van der Waals surface area (Å²) < 4.78 is 6.82. The number of nitrogens with zero attached hydrogens (tertiary/aromatic N) is 3. The Hall–Kier alpha value is -3.85. The van der Waals surface area contributed by atoms with E-state index in [1.165, 1.54) is 11.8 Å². The number of thioether (sulfide) groups is 1. The SMILES string of the molecule is COc1ccc(NC(=O)CSc2nnc3ccc(C(=O)Nc4cccc(C)c4)cn23)cc1. The zero-order chi connectivity index (χ0) is 22.5. The molecule has 0 bridgehead atoms. The molecule has 0 atom stereocenters. The van der Waals surface area contributed by atoms with Crippen LogP contribution in [0.25, 0.3) is 5.65 Å². The quantitative estimate of drug-likeness (QED) is 0.415. The normalized spacial score (nSPS) is 10.7. The molecule has 2 aromatic heterocycles. The Morgan fingerprint density at radius 1 is 1.00 bits per heavy atom. The number of methoxy groups -OCH3 is 1. The number of carbonyl (C=O) groups excluding carboxylic acids is 2. The summed E-state index contributed by atoms with van der Waals surface area (Å²) in [6, 6.07) is 18.1. The van der Waals surface area contributed by atoms with Crippen molar-refractivity contribution in [1.82, 2.24) is 14.6 Å². The number of aromatic nitrogens is 3. The molecule has 0 aliphatic heterocycles. The van der Waals surface area contributed by atoms with Crippen molar-refractivity contribution in [2.75, 3.05) is 23.5 Å². The van der Waals surface area contributed by atoms with E-state index in [1.807, 2.05) is 31.2 Å². The summed E-state index contributed by atoms with van der Waals surface area (Å²) in [5.74, 6) is 0.450. The highest BCUT2D eigenvalue weighted by atomic mass is 32.2. The fourth-order valence-electron chi connectivity index (χ4n) is 3.03. The Kier molecular flexibility index (Phi) is 6.37. The van der Waals surface area contributed by atoms with Crippen molar-refractivity contribution in [1.29, 1.82) is 0 Å². The Bertz CT molecular complexity index is 1270. The Labute approximate surface area is 189 Å². The Morgan fingerprint density at radius 3 is 2.56 bits per heavy atom. The van der Waals surface area contributed by atoms with Gasteiger partial charge in [0.25, 0.3) is 5.91 Å². The third-order valence-electron chi connectivity index (χ3n) is 4.62. The molecular formula is C23H21N5O3S. The first-order valence-corrected chi connectivity index (χ1v) is 10.8. The molecule has 9 heteroatoms. The largest absolute Gasteiger partial charge is 0.497 e. The molecule has 4 aromatic rings. The van der Waals surface area contributed by atoms with E-state index in [0.29, 0.717) is 22.1 Å². The van der Waals surface area contributed by atoms with Gasteiger partial charge in [0.1, 0.15) is 5.75 Å². The Balaban J connectivity index is 1.42. The van der Waals surface area contributed by atoms with Crippen LogP contribution in [0.1, 0.15) is 15.9 Å². The third kappa shape index (κ3) is 5.06. The predicted molar refractivity (Wildman–Crippen MR) is 124 cm³/mol. The van der Waals surface area contributed by atoms with Crippen LogP contribution in [0.4, 0.5) is 11.4 Å². The number of nitrogens with one attached hydrogen (secondary N) is 2. The van der Waals surface area contributed by atoms with Crippen LogP contribution in [0.5, 0.6) is 5.75 Å². The van der Waals surface area contributed by atoms with Crippen molar-refractivity contribution in [3.63, 3.8) is 0 Å². The van der Waals surface area contributed by atoms with Gasteiger partial charge in [-0.3, -0.25) is 14.0 Å². The van der Waals surface area contributed by atoms with Crippen LogP contribution in [0.3, 0.4) is 0 Å². The van der Waals surface area contributed by atoms with Gasteiger partial charge in [0.2, 0.25) is 5.91 Å². The molecule has 0 unspecified atom stereocenters. The highest BCUT2D eigenvalue weighted by Gasteiger charge is 2.13. The summed E-state index contributed by atoms with van der Waals surface area (Å²) in [5, 5.41) is 14.5. The molecule has 2 amide bonds. The van der Waals surface area contributed by atoms with E-state index in [4.69, 9.17) is 4.74 Å². The Morgan fingerprint density at radius 2 is 1.81 bits per heavy atom. The van der Waals surface area contributed by atoms with E-state index in [2.05, 4.69) is 20.8 Å². The van der Waals surface area contributed by atoms with E-state index in [9.17, 15) is 9.59 Å². The number of ether oxygens (including phenoxy) is 1. The second-order valence-corrected chi connectivity index (χ2v) is 7.96. The van der Waals surface area contributed by atoms with E-state index in [0.717, 1.165) is 17.0 Å². The summed E-state index contributed by atoms with van der Waals surface area (Å²) in [5.41, 5.74) is 3.52. The minimum atomic E-state index is -0.237. The lowest BCUT2D eigenvalue weighted by molar-refractivity contribution is -0.113. The van der Waals surface area contributed by atoms with Crippen LogP contribution in [0.2, 0.25) is 0 Å². The standard InChI is InChI=1S/C23H21N5O3S/c1-15-4-3-5-18(12-15)25-22(30)16-6-11-20-26-27-23(28(20)13-16)32-14-21(29)24-17-7-9-19(31-2)10-8-17/h3-13H,14H2,1-2H3,(H,24,29)(H,25,30). The summed E-state index contributed by atoms with van der Waals surface area (Å²) in [4.78, 5) is 25.0. The van der Waals surface area contributed by atoms with Gasteiger partial charge >= 0.3 is 0 Å². The first kappa shape index (κ1) is 21.4. The van der Waals surface area contributed by atoms with Gasteiger partial charge in [0.15, 0.2) is 10.8 Å². The van der Waals surface area contributed by atoms with Crippen molar-refractivity contribution in [3.05, 3.63) is 78.0 Å². The summed E-state index contributed by atoms with van der Waals surface area (Å²) in [6.07, 6.45) is 1.67. The smallest absolute Gasteiger partial charge is 0.257 e. The monoisotopic (exact) mass is 447 g/mol. The van der Waals surface area contributed by atoms with Crippen molar-refractivity contribution >= 4 is 40.6 Å². The van der Waals surface area contributed by atoms with Gasteiger partial charge in [-0.25, -0.2) is 0 Å². The van der Waals surface area contributed by atoms with Crippen molar-refractivity contribution < 1.29 is 14.3 Å². The molecule has 162 valence electrons. The van der Waals surface area contributed by atoms with E-state index in [1.54, 1.807) is 54.1 Å². The highest BCUT2D eigenvalue weighted by molar-refractivity contribution is 7.99. The zero-order valence-corrected chi connectivity index (χ0v) is 18.3. The second kappa shape index (κ2) is 9.52. The van der Waals surface area contributed by atoms with E-state index >= 15 is 0 Å². The number of amides is 2. The van der Waals surface area contributed by atoms with Gasteiger partial charge in [0.05, 0.1) is 18.4 Å². The van der Waals surface area contributed by atoms with Crippen LogP contribution in [0, 0.1) is 6.92 Å². The number of aryl methyl sites for hydroxylation is 1. The molecule has 0 saturated heterocycles. The second-order valence-electron chi connectivity index (χ2n) is 7.02. The molecule has 32 heavy (non-hydrogen) atoms. The lowest BCUT2D eigenvalue weighted by Gasteiger charge is -2.07. The maximum Gasteiger partial charge on any atom is 0.257 e. The minimum absolute atomic E-state index is 0.145. The fourth-order valence-corrected chi connectivity index (χ4v) is 3.75. The molecule has 2 aromatic carbocycles.